The Bertz CT molecular complexity index is 496. The molecule has 1 unspecified atom stereocenters. The van der Waals surface area contributed by atoms with E-state index in [0.717, 1.165) is 38.4 Å². The molecule has 0 bridgehead atoms. The first kappa shape index (κ1) is 14.6. The highest BCUT2D eigenvalue weighted by molar-refractivity contribution is 5.78. The van der Waals surface area contributed by atoms with E-state index in [9.17, 15) is 4.79 Å². The van der Waals surface area contributed by atoms with Gasteiger partial charge in [0.2, 0.25) is 5.91 Å². The van der Waals surface area contributed by atoms with E-state index in [1.807, 2.05) is 4.90 Å². The molecule has 1 saturated carbocycles. The average molecular weight is 286 g/mol. The van der Waals surface area contributed by atoms with Gasteiger partial charge in [-0.15, -0.1) is 0 Å². The molecular weight excluding hydrogens is 260 g/mol. The van der Waals surface area contributed by atoms with Crippen molar-refractivity contribution in [1.29, 1.82) is 0 Å². The third-order valence-electron chi connectivity index (χ3n) is 5.12. The quantitative estimate of drug-likeness (QED) is 0.871. The van der Waals surface area contributed by atoms with E-state index in [1.54, 1.807) is 0 Å². The SMILES string of the molecule is CC(NCc1ccccc1CN1CCCC1=O)C1CCC1. The lowest BCUT2D eigenvalue weighted by Crippen LogP contribution is -2.37. The summed E-state index contributed by atoms with van der Waals surface area (Å²) in [5.41, 5.74) is 2.63. The van der Waals surface area contributed by atoms with Crippen LogP contribution in [0.3, 0.4) is 0 Å². The van der Waals surface area contributed by atoms with Crippen LogP contribution in [0.1, 0.15) is 50.2 Å². The summed E-state index contributed by atoms with van der Waals surface area (Å²) in [6.07, 6.45) is 5.87. The van der Waals surface area contributed by atoms with Crippen LogP contribution in [0.5, 0.6) is 0 Å². The molecule has 0 radical (unpaired) electrons. The van der Waals surface area contributed by atoms with Gasteiger partial charge in [0.05, 0.1) is 0 Å². The molecule has 3 nitrogen and oxygen atoms in total. The molecule has 1 saturated heterocycles. The number of hydrogen-bond donors (Lipinski definition) is 1. The van der Waals surface area contributed by atoms with Gasteiger partial charge in [0.1, 0.15) is 0 Å². The molecule has 1 N–H and O–H groups in total. The fraction of sp³-hybridized carbons (Fsp3) is 0.611. The molecule has 21 heavy (non-hydrogen) atoms. The van der Waals surface area contributed by atoms with Crippen molar-refractivity contribution >= 4 is 5.91 Å². The molecule has 1 aliphatic heterocycles. The highest BCUT2D eigenvalue weighted by Crippen LogP contribution is 2.29. The molecule has 3 rings (SSSR count). The van der Waals surface area contributed by atoms with Gasteiger partial charge >= 0.3 is 0 Å². The molecule has 0 aromatic heterocycles. The Morgan fingerprint density at radius 1 is 1.24 bits per heavy atom. The Kier molecular flexibility index (Phi) is 4.59. The van der Waals surface area contributed by atoms with Crippen molar-refractivity contribution in [2.24, 2.45) is 5.92 Å². The summed E-state index contributed by atoms with van der Waals surface area (Å²) in [6, 6.07) is 9.13. The van der Waals surface area contributed by atoms with Gasteiger partial charge < -0.3 is 10.2 Å². The fourth-order valence-electron chi connectivity index (χ4n) is 3.34. The minimum absolute atomic E-state index is 0.306. The third-order valence-corrected chi connectivity index (χ3v) is 5.12. The van der Waals surface area contributed by atoms with Crippen LogP contribution >= 0.6 is 0 Å². The van der Waals surface area contributed by atoms with Gasteiger partial charge in [-0.1, -0.05) is 30.7 Å². The lowest BCUT2D eigenvalue weighted by atomic mass is 9.80. The van der Waals surface area contributed by atoms with Crippen LogP contribution in [0.2, 0.25) is 0 Å². The predicted octanol–water partition coefficient (Wildman–Crippen LogP) is 3.09. The number of carbonyl (C=O) groups is 1. The first-order valence-electron chi connectivity index (χ1n) is 8.32. The Labute approximate surface area is 127 Å². The summed E-state index contributed by atoms with van der Waals surface area (Å²) in [5, 5.41) is 3.67. The van der Waals surface area contributed by atoms with Crippen molar-refractivity contribution in [3.05, 3.63) is 35.4 Å². The van der Waals surface area contributed by atoms with Gasteiger partial charge in [-0.2, -0.15) is 0 Å². The van der Waals surface area contributed by atoms with Crippen molar-refractivity contribution in [2.75, 3.05) is 6.54 Å². The standard InChI is InChI=1S/C18H26N2O/c1-14(15-8-4-9-15)19-12-16-6-2-3-7-17(16)13-20-11-5-10-18(20)21/h2-3,6-7,14-15,19H,4-5,8-13H2,1H3. The fourth-order valence-corrected chi connectivity index (χ4v) is 3.34. The van der Waals surface area contributed by atoms with Gasteiger partial charge in [0.25, 0.3) is 0 Å². The molecule has 1 amide bonds. The lowest BCUT2D eigenvalue weighted by Gasteiger charge is -2.32. The summed E-state index contributed by atoms with van der Waals surface area (Å²) >= 11 is 0. The molecule has 1 atom stereocenters. The third kappa shape index (κ3) is 3.46. The number of likely N-dealkylation sites (tertiary alicyclic amines) is 1. The number of carbonyl (C=O) groups excluding carboxylic acids is 1. The highest BCUT2D eigenvalue weighted by Gasteiger charge is 2.24. The van der Waals surface area contributed by atoms with Crippen molar-refractivity contribution in [3.63, 3.8) is 0 Å². The van der Waals surface area contributed by atoms with Crippen LogP contribution in [-0.4, -0.2) is 23.4 Å². The maximum absolute atomic E-state index is 11.8. The van der Waals surface area contributed by atoms with Gasteiger partial charge in [0.15, 0.2) is 0 Å². The Morgan fingerprint density at radius 2 is 2.00 bits per heavy atom. The summed E-state index contributed by atoms with van der Waals surface area (Å²) in [6.45, 7) is 4.90. The van der Waals surface area contributed by atoms with Gasteiger partial charge in [0, 0.05) is 32.1 Å². The van der Waals surface area contributed by atoms with Crippen molar-refractivity contribution in [2.45, 2.75) is 58.2 Å². The van der Waals surface area contributed by atoms with Crippen LogP contribution in [0.4, 0.5) is 0 Å². The van der Waals surface area contributed by atoms with Gasteiger partial charge in [-0.25, -0.2) is 0 Å². The maximum atomic E-state index is 11.8. The van der Waals surface area contributed by atoms with E-state index in [2.05, 4.69) is 36.5 Å². The monoisotopic (exact) mass is 286 g/mol. The summed E-state index contributed by atoms with van der Waals surface area (Å²) in [5.74, 6) is 1.16. The molecular formula is C18H26N2O. The van der Waals surface area contributed by atoms with Crippen molar-refractivity contribution in [3.8, 4) is 0 Å². The zero-order valence-corrected chi connectivity index (χ0v) is 13.0. The minimum Gasteiger partial charge on any atom is -0.338 e. The number of amides is 1. The van der Waals surface area contributed by atoms with E-state index in [0.29, 0.717) is 11.9 Å². The zero-order valence-electron chi connectivity index (χ0n) is 13.0. The highest BCUT2D eigenvalue weighted by atomic mass is 16.2. The van der Waals surface area contributed by atoms with E-state index >= 15 is 0 Å². The largest absolute Gasteiger partial charge is 0.338 e. The van der Waals surface area contributed by atoms with Crippen LogP contribution in [0, 0.1) is 5.92 Å². The number of nitrogens with zero attached hydrogens (tertiary/aromatic N) is 1. The number of hydrogen-bond acceptors (Lipinski definition) is 2. The second kappa shape index (κ2) is 6.61. The van der Waals surface area contributed by atoms with Crippen LogP contribution in [0.25, 0.3) is 0 Å². The Morgan fingerprint density at radius 3 is 2.62 bits per heavy atom. The molecule has 3 heteroatoms. The zero-order chi connectivity index (χ0) is 14.7. The Hall–Kier alpha value is -1.35. The molecule has 2 fully saturated rings. The summed E-state index contributed by atoms with van der Waals surface area (Å²) in [7, 11) is 0. The van der Waals surface area contributed by atoms with E-state index in [-0.39, 0.29) is 0 Å². The first-order chi connectivity index (χ1) is 10.2. The maximum Gasteiger partial charge on any atom is 0.222 e. The molecule has 1 aromatic rings. The molecule has 1 aromatic carbocycles. The average Bonchev–Trinajstić information content (AvgIpc) is 2.81. The van der Waals surface area contributed by atoms with E-state index in [4.69, 9.17) is 0 Å². The normalized spacial score (nSPS) is 20.6. The topological polar surface area (TPSA) is 32.3 Å². The van der Waals surface area contributed by atoms with Crippen LogP contribution in [-0.2, 0) is 17.9 Å². The van der Waals surface area contributed by atoms with Gasteiger partial charge in [-0.05, 0) is 43.2 Å². The molecule has 1 aliphatic carbocycles. The second-order valence-electron chi connectivity index (χ2n) is 6.55. The van der Waals surface area contributed by atoms with Crippen molar-refractivity contribution < 1.29 is 4.79 Å². The van der Waals surface area contributed by atoms with E-state index < -0.39 is 0 Å². The molecule has 1 heterocycles. The summed E-state index contributed by atoms with van der Waals surface area (Å²) in [4.78, 5) is 13.8. The van der Waals surface area contributed by atoms with E-state index in [1.165, 1.54) is 30.4 Å². The van der Waals surface area contributed by atoms with Crippen LogP contribution in [0.15, 0.2) is 24.3 Å². The predicted molar refractivity (Wildman–Crippen MR) is 84.7 cm³/mol. The smallest absolute Gasteiger partial charge is 0.222 e. The number of benzene rings is 1. The van der Waals surface area contributed by atoms with Crippen LogP contribution < -0.4 is 5.32 Å². The minimum atomic E-state index is 0.306. The van der Waals surface area contributed by atoms with Gasteiger partial charge in [-0.3, -0.25) is 4.79 Å². The van der Waals surface area contributed by atoms with Crippen molar-refractivity contribution in [1.82, 2.24) is 10.2 Å². The number of nitrogens with one attached hydrogen (secondary N) is 1. The molecule has 114 valence electrons. The molecule has 0 spiro atoms. The first-order valence-corrected chi connectivity index (χ1v) is 8.32. The molecule has 2 aliphatic rings. The second-order valence-corrected chi connectivity index (χ2v) is 6.55. The number of rotatable bonds is 6. The Balaban J connectivity index is 1.60. The lowest BCUT2D eigenvalue weighted by molar-refractivity contribution is -0.128. The summed E-state index contributed by atoms with van der Waals surface area (Å²) < 4.78 is 0.